The van der Waals surface area contributed by atoms with Crippen molar-refractivity contribution < 1.29 is 14.6 Å². The van der Waals surface area contributed by atoms with Gasteiger partial charge in [0.1, 0.15) is 5.75 Å². The van der Waals surface area contributed by atoms with Crippen LogP contribution in [0.3, 0.4) is 0 Å². The fourth-order valence-electron chi connectivity index (χ4n) is 1.79. The van der Waals surface area contributed by atoms with Crippen LogP contribution >= 0.6 is 0 Å². The molecule has 0 bridgehead atoms. The largest absolute Gasteiger partial charge is 0.497 e. The Hall–Kier alpha value is -1.75. The minimum absolute atomic E-state index is 0.0810. The van der Waals surface area contributed by atoms with Gasteiger partial charge in [0.2, 0.25) is 0 Å². The third kappa shape index (κ3) is 5.09. The number of methoxy groups -OCH3 is 1. The van der Waals surface area contributed by atoms with Crippen LogP contribution in [0.15, 0.2) is 24.3 Å². The zero-order chi connectivity index (χ0) is 15.0. The summed E-state index contributed by atoms with van der Waals surface area (Å²) < 4.78 is 5.13. The van der Waals surface area contributed by atoms with E-state index in [-0.39, 0.29) is 18.1 Å². The van der Waals surface area contributed by atoms with Crippen LogP contribution in [0.25, 0.3) is 0 Å². The molecule has 0 saturated carbocycles. The highest BCUT2D eigenvalue weighted by molar-refractivity contribution is 5.73. The Morgan fingerprint density at radius 1 is 1.25 bits per heavy atom. The maximum absolute atomic E-state index is 11.6. The first kappa shape index (κ1) is 16.3. The second-order valence-corrected chi connectivity index (χ2v) is 5.30. The Morgan fingerprint density at radius 2 is 1.90 bits per heavy atom. The number of nitrogens with one attached hydrogen (secondary N) is 2. The topological polar surface area (TPSA) is 70.6 Å². The molecular formula is C15H24N2O3. The second-order valence-electron chi connectivity index (χ2n) is 5.30. The Balaban J connectivity index is 2.49. The van der Waals surface area contributed by atoms with Gasteiger partial charge in [-0.3, -0.25) is 0 Å². The number of benzene rings is 1. The molecule has 5 nitrogen and oxygen atoms in total. The molecule has 0 aromatic heterocycles. The monoisotopic (exact) mass is 280 g/mol. The van der Waals surface area contributed by atoms with Crippen LogP contribution in [0.2, 0.25) is 0 Å². The van der Waals surface area contributed by atoms with Gasteiger partial charge in [0, 0.05) is 25.1 Å². The number of carbonyl (C=O) groups is 1. The maximum atomic E-state index is 11.6. The molecule has 3 N–H and O–H groups in total. The van der Waals surface area contributed by atoms with Crippen LogP contribution in [0, 0.1) is 0 Å². The Bertz CT molecular complexity index is 416. The van der Waals surface area contributed by atoms with Crippen molar-refractivity contribution >= 4 is 6.03 Å². The van der Waals surface area contributed by atoms with Crippen molar-refractivity contribution in [2.75, 3.05) is 26.8 Å². The summed E-state index contributed by atoms with van der Waals surface area (Å²) in [5, 5.41) is 14.2. The van der Waals surface area contributed by atoms with Gasteiger partial charge in [0.25, 0.3) is 0 Å². The lowest BCUT2D eigenvalue weighted by molar-refractivity contribution is 0.235. The first-order valence-electron chi connectivity index (χ1n) is 6.76. The first-order chi connectivity index (χ1) is 9.49. The molecule has 0 heterocycles. The van der Waals surface area contributed by atoms with Crippen molar-refractivity contribution in [3.05, 3.63) is 29.8 Å². The average molecular weight is 280 g/mol. The lowest BCUT2D eigenvalue weighted by Gasteiger charge is -2.26. The molecule has 0 aliphatic heterocycles. The van der Waals surface area contributed by atoms with E-state index in [0.717, 1.165) is 11.3 Å². The number of ether oxygens (including phenoxy) is 1. The van der Waals surface area contributed by atoms with Crippen molar-refractivity contribution in [1.82, 2.24) is 10.6 Å². The quantitative estimate of drug-likeness (QED) is 0.665. The standard InChI is InChI=1S/C15H24N2O3/c1-15(2,11-17-14(19)16-9-4-10-18)12-5-7-13(20-3)8-6-12/h5-8,18H,4,9-11H2,1-3H3,(H2,16,17,19). The summed E-state index contributed by atoms with van der Waals surface area (Å²) in [5.41, 5.74) is 0.967. The van der Waals surface area contributed by atoms with Crippen molar-refractivity contribution in [3.63, 3.8) is 0 Å². The molecule has 0 fully saturated rings. The highest BCUT2D eigenvalue weighted by Crippen LogP contribution is 2.24. The fourth-order valence-corrected chi connectivity index (χ4v) is 1.79. The van der Waals surface area contributed by atoms with E-state index in [1.165, 1.54) is 0 Å². The molecule has 0 aliphatic rings. The third-order valence-corrected chi connectivity index (χ3v) is 3.18. The Kier molecular flexibility index (Phi) is 6.31. The molecule has 1 aromatic rings. The predicted octanol–water partition coefficient (Wildman–Crippen LogP) is 1.65. The van der Waals surface area contributed by atoms with Crippen molar-refractivity contribution in [2.24, 2.45) is 0 Å². The molecule has 5 heteroatoms. The number of hydrogen-bond donors (Lipinski definition) is 3. The van der Waals surface area contributed by atoms with Crippen LogP contribution < -0.4 is 15.4 Å². The van der Waals surface area contributed by atoms with E-state index in [9.17, 15) is 4.79 Å². The smallest absolute Gasteiger partial charge is 0.314 e. The molecule has 1 aromatic carbocycles. The van der Waals surface area contributed by atoms with Crippen LogP contribution in [-0.2, 0) is 5.41 Å². The maximum Gasteiger partial charge on any atom is 0.314 e. The molecule has 0 spiro atoms. The molecule has 0 radical (unpaired) electrons. The molecule has 0 atom stereocenters. The van der Waals surface area contributed by atoms with Gasteiger partial charge in [0.05, 0.1) is 7.11 Å². The van der Waals surface area contributed by atoms with Gasteiger partial charge < -0.3 is 20.5 Å². The number of aliphatic hydroxyl groups excluding tert-OH is 1. The highest BCUT2D eigenvalue weighted by atomic mass is 16.5. The number of rotatable bonds is 7. The lowest BCUT2D eigenvalue weighted by Crippen LogP contribution is -2.42. The summed E-state index contributed by atoms with van der Waals surface area (Å²) in [5.74, 6) is 0.819. The Labute approximate surface area is 120 Å². The molecule has 0 saturated heterocycles. The summed E-state index contributed by atoms with van der Waals surface area (Å²) in [7, 11) is 1.64. The van der Waals surface area contributed by atoms with E-state index in [0.29, 0.717) is 19.5 Å². The summed E-state index contributed by atoms with van der Waals surface area (Å²) in [6.07, 6.45) is 0.565. The predicted molar refractivity (Wildman–Crippen MR) is 79.1 cm³/mol. The van der Waals surface area contributed by atoms with Crippen LogP contribution in [0.1, 0.15) is 25.8 Å². The van der Waals surface area contributed by atoms with E-state index in [4.69, 9.17) is 9.84 Å². The zero-order valence-corrected chi connectivity index (χ0v) is 12.4. The first-order valence-corrected chi connectivity index (χ1v) is 6.76. The van der Waals surface area contributed by atoms with E-state index in [1.54, 1.807) is 7.11 Å². The number of carbonyl (C=O) groups excluding carboxylic acids is 1. The molecule has 20 heavy (non-hydrogen) atoms. The molecule has 0 unspecified atom stereocenters. The second kappa shape index (κ2) is 7.75. The molecule has 1 rings (SSSR count). The van der Waals surface area contributed by atoms with Crippen molar-refractivity contribution in [2.45, 2.75) is 25.7 Å². The number of amides is 2. The van der Waals surface area contributed by atoms with E-state index < -0.39 is 0 Å². The average Bonchev–Trinajstić information content (AvgIpc) is 2.45. The van der Waals surface area contributed by atoms with Gasteiger partial charge in [-0.1, -0.05) is 26.0 Å². The SMILES string of the molecule is COc1ccc(C(C)(C)CNC(=O)NCCCO)cc1. The van der Waals surface area contributed by atoms with Gasteiger partial charge in [-0.25, -0.2) is 4.79 Å². The normalized spacial score (nSPS) is 11.0. The molecular weight excluding hydrogens is 256 g/mol. The van der Waals surface area contributed by atoms with Crippen LogP contribution in [0.5, 0.6) is 5.75 Å². The number of aliphatic hydroxyl groups is 1. The van der Waals surface area contributed by atoms with E-state index >= 15 is 0 Å². The lowest BCUT2D eigenvalue weighted by atomic mass is 9.84. The molecule has 2 amide bonds. The molecule has 112 valence electrons. The van der Waals surface area contributed by atoms with Crippen LogP contribution in [-0.4, -0.2) is 37.9 Å². The fraction of sp³-hybridized carbons (Fsp3) is 0.533. The third-order valence-electron chi connectivity index (χ3n) is 3.18. The summed E-state index contributed by atoms with van der Waals surface area (Å²) in [6, 6.07) is 7.63. The van der Waals surface area contributed by atoms with Gasteiger partial charge in [0.15, 0.2) is 0 Å². The number of urea groups is 1. The summed E-state index contributed by atoms with van der Waals surface area (Å²) in [4.78, 5) is 11.6. The van der Waals surface area contributed by atoms with E-state index in [2.05, 4.69) is 24.5 Å². The van der Waals surface area contributed by atoms with Gasteiger partial charge >= 0.3 is 6.03 Å². The van der Waals surface area contributed by atoms with Gasteiger partial charge in [-0.05, 0) is 24.1 Å². The zero-order valence-electron chi connectivity index (χ0n) is 12.4. The van der Waals surface area contributed by atoms with Crippen molar-refractivity contribution in [1.29, 1.82) is 0 Å². The van der Waals surface area contributed by atoms with E-state index in [1.807, 2.05) is 24.3 Å². The summed E-state index contributed by atoms with van der Waals surface area (Å²) in [6.45, 7) is 5.23. The van der Waals surface area contributed by atoms with Gasteiger partial charge in [-0.2, -0.15) is 0 Å². The number of hydrogen-bond acceptors (Lipinski definition) is 3. The Morgan fingerprint density at radius 3 is 2.45 bits per heavy atom. The van der Waals surface area contributed by atoms with Crippen molar-refractivity contribution in [3.8, 4) is 5.75 Å². The summed E-state index contributed by atoms with van der Waals surface area (Å²) >= 11 is 0. The molecule has 0 aliphatic carbocycles. The minimum atomic E-state index is -0.208. The van der Waals surface area contributed by atoms with Crippen LogP contribution in [0.4, 0.5) is 4.79 Å². The highest BCUT2D eigenvalue weighted by Gasteiger charge is 2.21. The van der Waals surface area contributed by atoms with Gasteiger partial charge in [-0.15, -0.1) is 0 Å². The minimum Gasteiger partial charge on any atom is -0.497 e.